The predicted octanol–water partition coefficient (Wildman–Crippen LogP) is 3.13. The first-order valence-electron chi connectivity index (χ1n) is 8.16. The third-order valence-electron chi connectivity index (χ3n) is 3.84. The van der Waals surface area contributed by atoms with Gasteiger partial charge in [-0.05, 0) is 36.2 Å². The summed E-state index contributed by atoms with van der Waals surface area (Å²) in [4.78, 5) is 25.0. The molecule has 1 amide bonds. The number of carbonyl (C=O) groups excluding carboxylic acids is 2. The van der Waals surface area contributed by atoms with Crippen LogP contribution >= 0.6 is 0 Å². The first-order valence-corrected chi connectivity index (χ1v) is 8.16. The van der Waals surface area contributed by atoms with Crippen molar-refractivity contribution in [2.45, 2.75) is 33.2 Å². The standard InChI is InChI=1S/C20H24N2O3/c1-20(2,3)18(24)15-6-4-5-7-17(15)22-19(25)16(21)12-13-8-10-14(23)11-9-13/h4-11,16,23H,12,21H2,1-3H3,(H,22,25)/t16-/m0/s1. The van der Waals surface area contributed by atoms with Gasteiger partial charge in [-0.3, -0.25) is 9.59 Å². The Hall–Kier alpha value is -2.66. The van der Waals surface area contributed by atoms with Gasteiger partial charge in [-0.15, -0.1) is 0 Å². The minimum atomic E-state index is -0.762. The molecule has 4 N–H and O–H groups in total. The summed E-state index contributed by atoms with van der Waals surface area (Å²) in [6.07, 6.45) is 0.335. The van der Waals surface area contributed by atoms with E-state index in [1.807, 2.05) is 20.8 Å². The summed E-state index contributed by atoms with van der Waals surface area (Å²) >= 11 is 0. The Morgan fingerprint density at radius 2 is 1.68 bits per heavy atom. The molecule has 0 spiro atoms. The molecule has 2 aromatic rings. The summed E-state index contributed by atoms with van der Waals surface area (Å²) in [5, 5.41) is 12.1. The molecule has 0 heterocycles. The number of hydrogen-bond donors (Lipinski definition) is 3. The fourth-order valence-corrected chi connectivity index (χ4v) is 2.40. The normalized spacial score (nSPS) is 12.5. The molecule has 2 aromatic carbocycles. The summed E-state index contributed by atoms with van der Waals surface area (Å²) in [5.74, 6) is -0.242. The Morgan fingerprint density at radius 1 is 1.08 bits per heavy atom. The van der Waals surface area contributed by atoms with Crippen molar-refractivity contribution >= 4 is 17.4 Å². The number of nitrogens with one attached hydrogen (secondary N) is 1. The fraction of sp³-hybridized carbons (Fsp3) is 0.300. The summed E-state index contributed by atoms with van der Waals surface area (Å²) in [6.45, 7) is 5.51. The molecule has 0 radical (unpaired) electrons. The van der Waals surface area contributed by atoms with E-state index in [1.54, 1.807) is 48.5 Å². The number of Topliss-reactive ketones (excluding diaryl/α,β-unsaturated/α-hetero) is 1. The number of aromatic hydroxyl groups is 1. The minimum Gasteiger partial charge on any atom is -0.508 e. The van der Waals surface area contributed by atoms with E-state index < -0.39 is 11.5 Å². The maximum Gasteiger partial charge on any atom is 0.241 e. The van der Waals surface area contributed by atoms with Gasteiger partial charge in [0.25, 0.3) is 0 Å². The van der Waals surface area contributed by atoms with Gasteiger partial charge in [-0.1, -0.05) is 45.0 Å². The Labute approximate surface area is 147 Å². The molecule has 25 heavy (non-hydrogen) atoms. The fourth-order valence-electron chi connectivity index (χ4n) is 2.40. The monoisotopic (exact) mass is 340 g/mol. The van der Waals surface area contributed by atoms with Crippen molar-refractivity contribution in [1.29, 1.82) is 0 Å². The molecule has 2 rings (SSSR count). The number of hydrogen-bond acceptors (Lipinski definition) is 4. The molecule has 0 aromatic heterocycles. The maximum absolute atomic E-state index is 12.6. The summed E-state index contributed by atoms with van der Waals surface area (Å²) in [7, 11) is 0. The van der Waals surface area contributed by atoms with E-state index >= 15 is 0 Å². The summed E-state index contributed by atoms with van der Waals surface area (Å²) < 4.78 is 0. The maximum atomic E-state index is 12.6. The number of benzene rings is 2. The zero-order valence-corrected chi connectivity index (χ0v) is 14.7. The Kier molecular flexibility index (Phi) is 5.59. The highest BCUT2D eigenvalue weighted by atomic mass is 16.3. The van der Waals surface area contributed by atoms with Crippen LogP contribution in [-0.2, 0) is 11.2 Å². The summed E-state index contributed by atoms with van der Waals surface area (Å²) in [5.41, 5.74) is 7.23. The first-order chi connectivity index (χ1) is 11.7. The van der Waals surface area contributed by atoms with Crippen LogP contribution in [0, 0.1) is 5.41 Å². The van der Waals surface area contributed by atoms with Crippen molar-refractivity contribution in [3.63, 3.8) is 0 Å². The van der Waals surface area contributed by atoms with Crippen LogP contribution < -0.4 is 11.1 Å². The van der Waals surface area contributed by atoms with E-state index in [0.29, 0.717) is 17.7 Å². The van der Waals surface area contributed by atoms with E-state index in [9.17, 15) is 14.7 Å². The van der Waals surface area contributed by atoms with E-state index in [1.165, 1.54) is 0 Å². The summed E-state index contributed by atoms with van der Waals surface area (Å²) in [6, 6.07) is 12.7. The lowest BCUT2D eigenvalue weighted by atomic mass is 9.86. The number of phenols is 1. The molecule has 5 nitrogen and oxygen atoms in total. The van der Waals surface area contributed by atoms with Crippen LogP contribution in [0.25, 0.3) is 0 Å². The van der Waals surface area contributed by atoms with Gasteiger partial charge in [-0.2, -0.15) is 0 Å². The molecular formula is C20H24N2O3. The molecule has 0 unspecified atom stereocenters. The third kappa shape index (κ3) is 4.90. The van der Waals surface area contributed by atoms with E-state index in [4.69, 9.17) is 5.73 Å². The first kappa shape index (κ1) is 18.7. The van der Waals surface area contributed by atoms with Crippen molar-refractivity contribution in [2.75, 3.05) is 5.32 Å². The van der Waals surface area contributed by atoms with Gasteiger partial charge in [-0.25, -0.2) is 0 Å². The van der Waals surface area contributed by atoms with Crippen LogP contribution in [0.1, 0.15) is 36.7 Å². The van der Waals surface area contributed by atoms with Crippen LogP contribution in [-0.4, -0.2) is 22.8 Å². The van der Waals surface area contributed by atoms with Crippen molar-refractivity contribution in [3.8, 4) is 5.75 Å². The van der Waals surface area contributed by atoms with Crippen LogP contribution in [0.4, 0.5) is 5.69 Å². The largest absolute Gasteiger partial charge is 0.508 e. The lowest BCUT2D eigenvalue weighted by molar-refractivity contribution is -0.117. The van der Waals surface area contributed by atoms with Gasteiger partial charge in [0.2, 0.25) is 5.91 Å². The molecule has 0 saturated carbocycles. The van der Waals surface area contributed by atoms with E-state index in [-0.39, 0.29) is 17.4 Å². The molecule has 0 aliphatic heterocycles. The van der Waals surface area contributed by atoms with Crippen LogP contribution in [0.2, 0.25) is 0 Å². The zero-order chi connectivity index (χ0) is 18.6. The number of amides is 1. The number of ketones is 1. The Bertz CT molecular complexity index is 761. The average molecular weight is 340 g/mol. The Morgan fingerprint density at radius 3 is 2.28 bits per heavy atom. The molecule has 1 atom stereocenters. The SMILES string of the molecule is CC(C)(C)C(=O)c1ccccc1NC(=O)[C@@H](N)Cc1ccc(O)cc1. The second-order valence-electron chi connectivity index (χ2n) is 7.09. The highest BCUT2D eigenvalue weighted by Crippen LogP contribution is 2.26. The number of rotatable bonds is 5. The van der Waals surface area contributed by atoms with Crippen molar-refractivity contribution in [1.82, 2.24) is 0 Å². The van der Waals surface area contributed by atoms with Gasteiger partial charge in [0.15, 0.2) is 5.78 Å². The molecule has 0 saturated heterocycles. The molecular weight excluding hydrogens is 316 g/mol. The number of para-hydroxylation sites is 1. The highest BCUT2D eigenvalue weighted by Gasteiger charge is 2.26. The number of phenolic OH excluding ortho intramolecular Hbond substituents is 1. The van der Waals surface area contributed by atoms with Crippen molar-refractivity contribution in [2.24, 2.45) is 11.1 Å². The molecule has 0 bridgehead atoms. The molecule has 0 aliphatic carbocycles. The lowest BCUT2D eigenvalue weighted by Gasteiger charge is -2.20. The molecule has 132 valence electrons. The topological polar surface area (TPSA) is 92.4 Å². The van der Waals surface area contributed by atoms with Gasteiger partial charge in [0, 0.05) is 11.0 Å². The van der Waals surface area contributed by atoms with Gasteiger partial charge in [0.05, 0.1) is 11.7 Å². The van der Waals surface area contributed by atoms with Crippen LogP contribution in [0.3, 0.4) is 0 Å². The van der Waals surface area contributed by atoms with Crippen molar-refractivity contribution < 1.29 is 14.7 Å². The van der Waals surface area contributed by atoms with E-state index in [0.717, 1.165) is 5.56 Å². The zero-order valence-electron chi connectivity index (χ0n) is 14.7. The van der Waals surface area contributed by atoms with E-state index in [2.05, 4.69) is 5.32 Å². The van der Waals surface area contributed by atoms with Crippen molar-refractivity contribution in [3.05, 3.63) is 59.7 Å². The highest BCUT2D eigenvalue weighted by molar-refractivity contribution is 6.07. The van der Waals surface area contributed by atoms with Crippen LogP contribution in [0.15, 0.2) is 48.5 Å². The third-order valence-corrected chi connectivity index (χ3v) is 3.84. The van der Waals surface area contributed by atoms with Gasteiger partial charge in [0.1, 0.15) is 5.75 Å². The minimum absolute atomic E-state index is 0.0458. The lowest BCUT2D eigenvalue weighted by Crippen LogP contribution is -2.38. The van der Waals surface area contributed by atoms with Crippen LogP contribution in [0.5, 0.6) is 5.75 Å². The Balaban J connectivity index is 2.12. The second-order valence-corrected chi connectivity index (χ2v) is 7.09. The van der Waals surface area contributed by atoms with Gasteiger partial charge < -0.3 is 16.2 Å². The molecule has 0 fully saturated rings. The molecule has 0 aliphatic rings. The number of nitrogens with two attached hydrogens (primary N) is 1. The smallest absolute Gasteiger partial charge is 0.241 e. The molecule has 5 heteroatoms. The quantitative estimate of drug-likeness (QED) is 0.729. The number of anilines is 1. The number of carbonyl (C=O) groups is 2. The van der Waals surface area contributed by atoms with Gasteiger partial charge >= 0.3 is 0 Å². The predicted molar refractivity (Wildman–Crippen MR) is 98.6 cm³/mol. The second kappa shape index (κ2) is 7.49. The average Bonchev–Trinajstić information content (AvgIpc) is 2.56.